The summed E-state index contributed by atoms with van der Waals surface area (Å²) in [6.07, 6.45) is 0.0453. The number of para-hydroxylation sites is 1. The number of hydrogen-bond donors (Lipinski definition) is 2. The number of aliphatic hydroxyl groups is 1. The van der Waals surface area contributed by atoms with Crippen LogP contribution in [0.5, 0.6) is 0 Å². The van der Waals surface area contributed by atoms with Gasteiger partial charge in [-0.3, -0.25) is 4.79 Å². The van der Waals surface area contributed by atoms with Crippen LogP contribution < -0.4 is 5.32 Å². The van der Waals surface area contributed by atoms with Crippen LogP contribution in [0.2, 0.25) is 5.02 Å². The molecular weight excluding hydrogens is 430 g/mol. The molecule has 0 aliphatic heterocycles. The second kappa shape index (κ2) is 10.2. The van der Waals surface area contributed by atoms with Crippen molar-refractivity contribution in [1.82, 2.24) is 0 Å². The number of benzene rings is 2. The van der Waals surface area contributed by atoms with E-state index in [0.717, 1.165) is 5.69 Å². The molecule has 2 N–H and O–H groups in total. The van der Waals surface area contributed by atoms with Crippen molar-refractivity contribution in [3.8, 4) is 0 Å². The minimum Gasteiger partial charge on any atom is -0.466 e. The topological polar surface area (TPSA) is 84.9 Å². The first-order valence-electron chi connectivity index (χ1n) is 10.6. The smallest absolute Gasteiger partial charge is 0.336 e. The molecule has 0 aromatic heterocycles. The van der Waals surface area contributed by atoms with Gasteiger partial charge in [-0.1, -0.05) is 41.9 Å². The minimum absolute atomic E-state index is 0.0453. The lowest BCUT2D eigenvalue weighted by atomic mass is 9.66. The maximum atomic E-state index is 13.2. The molecule has 1 aliphatic carbocycles. The monoisotopic (exact) mass is 457 g/mol. The van der Waals surface area contributed by atoms with Crippen LogP contribution in [0, 0.1) is 5.92 Å². The molecule has 0 spiro atoms. The van der Waals surface area contributed by atoms with Gasteiger partial charge in [0, 0.05) is 28.7 Å². The Hall–Kier alpha value is -2.83. The molecule has 0 amide bonds. The van der Waals surface area contributed by atoms with Gasteiger partial charge in [0.25, 0.3) is 0 Å². The zero-order valence-electron chi connectivity index (χ0n) is 18.4. The van der Waals surface area contributed by atoms with Crippen LogP contribution in [0.25, 0.3) is 0 Å². The molecule has 0 fully saturated rings. The number of carbonyl (C=O) groups is 2. The molecule has 0 saturated heterocycles. The average molecular weight is 458 g/mol. The molecule has 0 saturated carbocycles. The lowest BCUT2D eigenvalue weighted by Gasteiger charge is -2.43. The lowest BCUT2D eigenvalue weighted by molar-refractivity contribution is -0.159. The molecule has 32 heavy (non-hydrogen) atoms. The van der Waals surface area contributed by atoms with Gasteiger partial charge in [0.05, 0.1) is 30.3 Å². The first-order chi connectivity index (χ1) is 15.3. The van der Waals surface area contributed by atoms with Gasteiger partial charge in [0.2, 0.25) is 0 Å². The van der Waals surface area contributed by atoms with Crippen LogP contribution in [0.3, 0.4) is 0 Å². The fourth-order valence-electron chi connectivity index (χ4n) is 4.19. The SMILES string of the molecule is CCOC(=O)C1=C(Nc2ccccc2)C[C@](C)(O)[C@H](C(=O)OCC)[C@H]1c1ccc(Cl)cc1. The second-order valence-electron chi connectivity index (χ2n) is 7.90. The standard InChI is InChI=1S/C25H28ClNO5/c1-4-31-23(28)21-19(27-18-9-7-6-8-10-18)15-25(3,30)22(24(29)32-5-2)20(21)16-11-13-17(26)14-12-16/h6-14,20,22,27,30H,4-5,15H2,1-3H3/t20-,22-,25-/m0/s1. The van der Waals surface area contributed by atoms with Crippen molar-refractivity contribution in [3.63, 3.8) is 0 Å². The highest BCUT2D eigenvalue weighted by Gasteiger charge is 2.52. The molecular formula is C25H28ClNO5. The molecule has 6 nitrogen and oxygen atoms in total. The van der Waals surface area contributed by atoms with Crippen molar-refractivity contribution in [2.45, 2.75) is 38.7 Å². The number of hydrogen-bond acceptors (Lipinski definition) is 6. The average Bonchev–Trinajstić information content (AvgIpc) is 2.74. The summed E-state index contributed by atoms with van der Waals surface area (Å²) < 4.78 is 10.7. The Morgan fingerprint density at radius 1 is 1.06 bits per heavy atom. The second-order valence-corrected chi connectivity index (χ2v) is 8.33. The van der Waals surface area contributed by atoms with Crippen LogP contribution in [0.15, 0.2) is 65.9 Å². The third kappa shape index (κ3) is 5.14. The van der Waals surface area contributed by atoms with Crippen LogP contribution >= 0.6 is 11.6 Å². The quantitative estimate of drug-likeness (QED) is 0.587. The predicted octanol–water partition coefficient (Wildman–Crippen LogP) is 4.69. The molecule has 0 bridgehead atoms. The van der Waals surface area contributed by atoms with Gasteiger partial charge in [0.15, 0.2) is 0 Å². The van der Waals surface area contributed by atoms with Gasteiger partial charge in [-0.05, 0) is 50.6 Å². The number of carbonyl (C=O) groups excluding carboxylic acids is 2. The number of ether oxygens (including phenoxy) is 2. The summed E-state index contributed by atoms with van der Waals surface area (Å²) in [6.45, 7) is 5.35. The van der Waals surface area contributed by atoms with Crippen LogP contribution in [0.1, 0.15) is 38.7 Å². The number of halogens is 1. The van der Waals surface area contributed by atoms with Gasteiger partial charge in [-0.25, -0.2) is 4.79 Å². The van der Waals surface area contributed by atoms with Gasteiger partial charge in [0.1, 0.15) is 0 Å². The largest absolute Gasteiger partial charge is 0.466 e. The van der Waals surface area contributed by atoms with Crippen LogP contribution in [-0.4, -0.2) is 35.9 Å². The molecule has 0 radical (unpaired) electrons. The van der Waals surface area contributed by atoms with E-state index in [1.807, 2.05) is 30.3 Å². The summed E-state index contributed by atoms with van der Waals surface area (Å²) in [7, 11) is 0. The van der Waals surface area contributed by atoms with E-state index >= 15 is 0 Å². The van der Waals surface area contributed by atoms with E-state index in [1.54, 1.807) is 45.0 Å². The van der Waals surface area contributed by atoms with Gasteiger partial charge in [-0.2, -0.15) is 0 Å². The van der Waals surface area contributed by atoms with Crippen molar-refractivity contribution in [2.24, 2.45) is 5.92 Å². The van der Waals surface area contributed by atoms with Gasteiger partial charge >= 0.3 is 11.9 Å². The Bertz CT molecular complexity index is 985. The van der Waals surface area contributed by atoms with Crippen molar-refractivity contribution < 1.29 is 24.2 Å². The Kier molecular flexibility index (Phi) is 7.59. The molecule has 0 heterocycles. The van der Waals surface area contributed by atoms with E-state index in [1.165, 1.54) is 0 Å². The molecule has 3 atom stereocenters. The number of rotatable bonds is 7. The Labute approximate surface area is 193 Å². The maximum absolute atomic E-state index is 13.2. The normalized spacial score (nSPS) is 22.9. The molecule has 3 rings (SSSR count). The molecule has 170 valence electrons. The number of anilines is 1. The molecule has 0 unspecified atom stereocenters. The molecule has 7 heteroatoms. The highest BCUT2D eigenvalue weighted by molar-refractivity contribution is 6.30. The zero-order chi connectivity index (χ0) is 23.3. The first kappa shape index (κ1) is 23.8. The zero-order valence-corrected chi connectivity index (χ0v) is 19.2. The Morgan fingerprint density at radius 2 is 1.69 bits per heavy atom. The third-order valence-electron chi connectivity index (χ3n) is 5.51. The summed E-state index contributed by atoms with van der Waals surface area (Å²) in [4.78, 5) is 26.3. The summed E-state index contributed by atoms with van der Waals surface area (Å²) in [5.74, 6) is -2.92. The summed E-state index contributed by atoms with van der Waals surface area (Å²) in [5, 5.41) is 15.2. The maximum Gasteiger partial charge on any atom is 0.336 e. The molecule has 2 aromatic rings. The summed E-state index contributed by atoms with van der Waals surface area (Å²) in [5.41, 5.74) is 0.721. The fourth-order valence-corrected chi connectivity index (χ4v) is 4.32. The van der Waals surface area contributed by atoms with E-state index < -0.39 is 29.4 Å². The number of nitrogens with one attached hydrogen (secondary N) is 1. The van der Waals surface area contributed by atoms with Crippen molar-refractivity contribution in [3.05, 3.63) is 76.5 Å². The predicted molar refractivity (Wildman–Crippen MR) is 123 cm³/mol. The highest BCUT2D eigenvalue weighted by atomic mass is 35.5. The molecule has 1 aliphatic rings. The van der Waals surface area contributed by atoms with Crippen LogP contribution in [-0.2, 0) is 19.1 Å². The lowest BCUT2D eigenvalue weighted by Crippen LogP contribution is -2.49. The Morgan fingerprint density at radius 3 is 2.28 bits per heavy atom. The van der Waals surface area contributed by atoms with E-state index in [9.17, 15) is 14.7 Å². The first-order valence-corrected chi connectivity index (χ1v) is 11.0. The van der Waals surface area contributed by atoms with Crippen LogP contribution in [0.4, 0.5) is 5.69 Å². The number of esters is 2. The fraction of sp³-hybridized carbons (Fsp3) is 0.360. The summed E-state index contributed by atoms with van der Waals surface area (Å²) in [6, 6.07) is 16.2. The van der Waals surface area contributed by atoms with Gasteiger partial charge in [-0.15, -0.1) is 0 Å². The van der Waals surface area contributed by atoms with Gasteiger partial charge < -0.3 is 19.9 Å². The Balaban J connectivity index is 2.23. The van der Waals surface area contributed by atoms with Crippen molar-refractivity contribution >= 4 is 29.2 Å². The van der Waals surface area contributed by atoms with E-state index in [-0.39, 0.29) is 19.6 Å². The van der Waals surface area contributed by atoms with Crippen molar-refractivity contribution in [1.29, 1.82) is 0 Å². The summed E-state index contributed by atoms with van der Waals surface area (Å²) >= 11 is 6.08. The molecule has 2 aromatic carbocycles. The van der Waals surface area contributed by atoms with E-state index in [0.29, 0.717) is 21.9 Å². The third-order valence-corrected chi connectivity index (χ3v) is 5.76. The van der Waals surface area contributed by atoms with E-state index in [4.69, 9.17) is 21.1 Å². The minimum atomic E-state index is -1.48. The van der Waals surface area contributed by atoms with Crippen molar-refractivity contribution in [2.75, 3.05) is 18.5 Å². The highest BCUT2D eigenvalue weighted by Crippen LogP contribution is 2.48. The van der Waals surface area contributed by atoms with E-state index in [2.05, 4.69) is 5.32 Å².